The molecule has 0 radical (unpaired) electrons. The fraction of sp³-hybridized carbons (Fsp3) is 0.875. The summed E-state index contributed by atoms with van der Waals surface area (Å²) < 4.78 is 10.8. The largest absolute Gasteiger partial charge is 0.348 e. The SMILES string of the molecule is CC1(C)OCC(C(C=O)CCl)O1. The highest BCUT2D eigenvalue weighted by Crippen LogP contribution is 2.26. The third-order valence-corrected chi connectivity index (χ3v) is 2.22. The Morgan fingerprint density at radius 2 is 2.42 bits per heavy atom. The smallest absolute Gasteiger partial charge is 0.163 e. The topological polar surface area (TPSA) is 35.5 Å². The summed E-state index contributed by atoms with van der Waals surface area (Å²) in [5.41, 5.74) is 0. The van der Waals surface area contributed by atoms with Gasteiger partial charge in [0, 0.05) is 5.88 Å². The Morgan fingerprint density at radius 1 is 1.75 bits per heavy atom. The Hall–Kier alpha value is -0.120. The zero-order valence-electron chi connectivity index (χ0n) is 7.25. The predicted octanol–water partition coefficient (Wildman–Crippen LogP) is 1.19. The van der Waals surface area contributed by atoms with E-state index in [1.54, 1.807) is 0 Å². The van der Waals surface area contributed by atoms with E-state index in [0.717, 1.165) is 6.29 Å². The number of carbonyl (C=O) groups excluding carboxylic acids is 1. The second-order valence-corrected chi connectivity index (χ2v) is 3.63. The molecule has 0 bridgehead atoms. The summed E-state index contributed by atoms with van der Waals surface area (Å²) in [6.07, 6.45) is 0.637. The van der Waals surface area contributed by atoms with Crippen LogP contribution in [-0.2, 0) is 14.3 Å². The number of aldehydes is 1. The fourth-order valence-corrected chi connectivity index (χ4v) is 1.42. The predicted molar refractivity (Wildman–Crippen MR) is 45.2 cm³/mol. The molecule has 1 fully saturated rings. The van der Waals surface area contributed by atoms with Gasteiger partial charge < -0.3 is 14.3 Å². The second-order valence-electron chi connectivity index (χ2n) is 3.32. The van der Waals surface area contributed by atoms with E-state index in [-0.39, 0.29) is 17.9 Å². The van der Waals surface area contributed by atoms with Crippen LogP contribution >= 0.6 is 11.6 Å². The zero-order valence-corrected chi connectivity index (χ0v) is 8.00. The molecule has 1 rings (SSSR count). The average molecular weight is 193 g/mol. The van der Waals surface area contributed by atoms with E-state index in [1.807, 2.05) is 13.8 Å². The van der Waals surface area contributed by atoms with Crippen molar-refractivity contribution in [2.24, 2.45) is 5.92 Å². The van der Waals surface area contributed by atoms with Crippen molar-refractivity contribution < 1.29 is 14.3 Å². The van der Waals surface area contributed by atoms with Crippen molar-refractivity contribution in [3.8, 4) is 0 Å². The Balaban J connectivity index is 2.50. The van der Waals surface area contributed by atoms with Crippen LogP contribution in [0.5, 0.6) is 0 Å². The third kappa shape index (κ3) is 2.19. The van der Waals surface area contributed by atoms with Crippen LogP contribution in [0, 0.1) is 5.92 Å². The van der Waals surface area contributed by atoms with Gasteiger partial charge in [-0.25, -0.2) is 0 Å². The molecule has 0 aliphatic carbocycles. The van der Waals surface area contributed by atoms with Crippen molar-refractivity contribution in [2.45, 2.75) is 25.7 Å². The van der Waals surface area contributed by atoms with E-state index in [9.17, 15) is 4.79 Å². The van der Waals surface area contributed by atoms with Crippen LogP contribution in [0.15, 0.2) is 0 Å². The van der Waals surface area contributed by atoms with Gasteiger partial charge in [0.2, 0.25) is 0 Å². The monoisotopic (exact) mass is 192 g/mol. The van der Waals surface area contributed by atoms with Crippen LogP contribution in [0.3, 0.4) is 0 Å². The van der Waals surface area contributed by atoms with Crippen molar-refractivity contribution >= 4 is 17.9 Å². The van der Waals surface area contributed by atoms with E-state index < -0.39 is 5.79 Å². The van der Waals surface area contributed by atoms with Crippen LogP contribution in [0.25, 0.3) is 0 Å². The Kier molecular flexibility index (Phi) is 3.09. The Morgan fingerprint density at radius 3 is 2.75 bits per heavy atom. The van der Waals surface area contributed by atoms with Gasteiger partial charge in [-0.2, -0.15) is 0 Å². The molecule has 2 unspecified atom stereocenters. The lowest BCUT2D eigenvalue weighted by molar-refractivity contribution is -0.145. The molecule has 2 atom stereocenters. The molecule has 1 saturated heterocycles. The molecule has 0 aromatic heterocycles. The molecule has 0 saturated carbocycles. The molecule has 70 valence electrons. The Bertz CT molecular complexity index is 170. The van der Waals surface area contributed by atoms with Gasteiger partial charge in [-0.3, -0.25) is 0 Å². The molecule has 1 aliphatic heterocycles. The first-order valence-corrected chi connectivity index (χ1v) is 4.45. The fourth-order valence-electron chi connectivity index (χ4n) is 1.15. The molecule has 3 nitrogen and oxygen atoms in total. The molecular weight excluding hydrogens is 180 g/mol. The third-order valence-electron chi connectivity index (χ3n) is 1.86. The van der Waals surface area contributed by atoms with Gasteiger partial charge in [0.15, 0.2) is 5.79 Å². The van der Waals surface area contributed by atoms with E-state index in [1.165, 1.54) is 0 Å². The lowest BCUT2D eigenvalue weighted by Gasteiger charge is -2.18. The first-order valence-electron chi connectivity index (χ1n) is 3.92. The van der Waals surface area contributed by atoms with Gasteiger partial charge >= 0.3 is 0 Å². The molecule has 0 aromatic carbocycles. The summed E-state index contributed by atoms with van der Waals surface area (Å²) in [6, 6.07) is 0. The van der Waals surface area contributed by atoms with Crippen LogP contribution < -0.4 is 0 Å². The Labute approximate surface area is 77.0 Å². The summed E-state index contributed by atoms with van der Waals surface area (Å²) >= 11 is 5.57. The average Bonchev–Trinajstić information content (AvgIpc) is 2.34. The second kappa shape index (κ2) is 3.73. The first-order chi connectivity index (χ1) is 5.59. The van der Waals surface area contributed by atoms with Gasteiger partial charge in [0.1, 0.15) is 6.29 Å². The van der Waals surface area contributed by atoms with E-state index >= 15 is 0 Å². The molecule has 12 heavy (non-hydrogen) atoms. The van der Waals surface area contributed by atoms with Gasteiger partial charge in [-0.1, -0.05) is 0 Å². The summed E-state index contributed by atoms with van der Waals surface area (Å²) in [6.45, 7) is 4.09. The highest BCUT2D eigenvalue weighted by Gasteiger charge is 2.36. The van der Waals surface area contributed by atoms with E-state index in [2.05, 4.69) is 0 Å². The lowest BCUT2D eigenvalue weighted by Crippen LogP contribution is -2.28. The van der Waals surface area contributed by atoms with Crippen molar-refractivity contribution in [3.05, 3.63) is 0 Å². The molecular formula is C8H13ClO3. The standard InChI is InChI=1S/C8H13ClO3/c1-8(2)11-5-7(12-8)6(3-9)4-10/h4,6-7H,3,5H2,1-2H3. The number of halogens is 1. The van der Waals surface area contributed by atoms with Crippen molar-refractivity contribution in [1.82, 2.24) is 0 Å². The summed E-state index contributed by atoms with van der Waals surface area (Å²) in [5, 5.41) is 0. The normalized spacial score (nSPS) is 30.1. The van der Waals surface area contributed by atoms with Crippen LogP contribution in [0.4, 0.5) is 0 Å². The number of carbonyl (C=O) groups is 1. The van der Waals surface area contributed by atoms with E-state index in [0.29, 0.717) is 6.61 Å². The zero-order chi connectivity index (χ0) is 9.19. The molecule has 0 aromatic rings. The molecule has 1 aliphatic rings. The summed E-state index contributed by atoms with van der Waals surface area (Å²) in [7, 11) is 0. The minimum absolute atomic E-state index is 0.185. The maximum atomic E-state index is 10.5. The van der Waals surface area contributed by atoms with E-state index in [4.69, 9.17) is 21.1 Å². The van der Waals surface area contributed by atoms with Gasteiger partial charge in [-0.15, -0.1) is 11.6 Å². The maximum Gasteiger partial charge on any atom is 0.163 e. The highest BCUT2D eigenvalue weighted by atomic mass is 35.5. The van der Waals surface area contributed by atoms with Gasteiger partial charge in [0.05, 0.1) is 18.6 Å². The molecule has 4 heteroatoms. The summed E-state index contributed by atoms with van der Waals surface area (Å²) in [5.74, 6) is -0.542. The molecule has 0 amide bonds. The molecule has 0 N–H and O–H groups in total. The van der Waals surface area contributed by atoms with Crippen LogP contribution in [-0.4, -0.2) is 30.7 Å². The van der Waals surface area contributed by atoms with Gasteiger partial charge in [-0.05, 0) is 13.8 Å². The number of hydrogen-bond acceptors (Lipinski definition) is 3. The molecule has 0 spiro atoms. The van der Waals surface area contributed by atoms with Crippen LogP contribution in [0.1, 0.15) is 13.8 Å². The van der Waals surface area contributed by atoms with Crippen molar-refractivity contribution in [2.75, 3.05) is 12.5 Å². The highest BCUT2D eigenvalue weighted by molar-refractivity contribution is 6.18. The first kappa shape index (κ1) is 9.96. The lowest BCUT2D eigenvalue weighted by atomic mass is 10.1. The number of ether oxygens (including phenoxy) is 2. The number of rotatable bonds is 3. The van der Waals surface area contributed by atoms with Crippen LogP contribution in [0.2, 0.25) is 0 Å². The van der Waals surface area contributed by atoms with Gasteiger partial charge in [0.25, 0.3) is 0 Å². The van der Waals surface area contributed by atoms with Crippen molar-refractivity contribution in [3.63, 3.8) is 0 Å². The summed E-state index contributed by atoms with van der Waals surface area (Å²) in [4.78, 5) is 10.5. The number of hydrogen-bond donors (Lipinski definition) is 0. The molecule has 1 heterocycles. The quantitative estimate of drug-likeness (QED) is 0.498. The number of alkyl halides is 1. The van der Waals surface area contributed by atoms with Crippen molar-refractivity contribution in [1.29, 1.82) is 0 Å². The minimum Gasteiger partial charge on any atom is -0.348 e. The maximum absolute atomic E-state index is 10.5. The minimum atomic E-state index is -0.571.